The lowest BCUT2D eigenvalue weighted by molar-refractivity contribution is 0.0813. The molecule has 0 aromatic heterocycles. The Morgan fingerprint density at radius 2 is 1.25 bits per heavy atom. The first-order chi connectivity index (χ1) is 13.7. The summed E-state index contributed by atoms with van der Waals surface area (Å²) in [5.74, 6) is 1.85. The van der Waals surface area contributed by atoms with E-state index in [4.69, 9.17) is 0 Å². The van der Waals surface area contributed by atoms with E-state index in [0.717, 1.165) is 23.9 Å². The number of rotatable bonds is 7. The quantitative estimate of drug-likeness (QED) is 0.706. The van der Waals surface area contributed by atoms with Crippen molar-refractivity contribution in [2.75, 3.05) is 59.4 Å². The maximum Gasteiger partial charge on any atom is 0.0120 e. The van der Waals surface area contributed by atoms with Crippen molar-refractivity contribution in [2.24, 2.45) is 11.8 Å². The van der Waals surface area contributed by atoms with Crippen LogP contribution in [-0.2, 0) is 0 Å². The fraction of sp³-hybridized carbons (Fsp3) is 1.00. The summed E-state index contributed by atoms with van der Waals surface area (Å²) in [6, 6.07) is 1.62. The minimum absolute atomic E-state index is 0.761. The molecular formula is C24H50N4. The van der Waals surface area contributed by atoms with Crippen LogP contribution in [0.1, 0.15) is 72.6 Å². The summed E-state index contributed by atoms with van der Waals surface area (Å²) in [5.41, 5.74) is 0. The molecule has 0 unspecified atom stereocenters. The molecule has 0 bridgehead atoms. The van der Waals surface area contributed by atoms with E-state index in [1.54, 1.807) is 0 Å². The largest absolute Gasteiger partial charge is 0.317 e. The summed E-state index contributed by atoms with van der Waals surface area (Å²) >= 11 is 0. The van der Waals surface area contributed by atoms with Crippen molar-refractivity contribution < 1.29 is 0 Å². The molecule has 28 heavy (non-hydrogen) atoms. The number of nitrogens with one attached hydrogen (secondary N) is 1. The Kier molecular flexibility index (Phi) is 11.4. The van der Waals surface area contributed by atoms with Crippen molar-refractivity contribution in [3.63, 3.8) is 0 Å². The van der Waals surface area contributed by atoms with Crippen LogP contribution in [0, 0.1) is 11.8 Å². The normalized spacial score (nSPS) is 25.1. The molecule has 0 atom stereocenters. The Morgan fingerprint density at radius 3 is 1.71 bits per heavy atom. The molecule has 3 saturated heterocycles. The molecule has 0 aromatic rings. The van der Waals surface area contributed by atoms with Crippen LogP contribution in [0.4, 0.5) is 0 Å². The predicted molar refractivity (Wildman–Crippen MR) is 123 cm³/mol. The van der Waals surface area contributed by atoms with E-state index in [-0.39, 0.29) is 0 Å². The zero-order valence-electron chi connectivity index (χ0n) is 19.8. The van der Waals surface area contributed by atoms with Gasteiger partial charge in [0.05, 0.1) is 0 Å². The van der Waals surface area contributed by atoms with Gasteiger partial charge in [-0.1, -0.05) is 27.7 Å². The molecule has 0 amide bonds. The molecule has 166 valence electrons. The molecule has 0 aromatic carbocycles. The van der Waals surface area contributed by atoms with Gasteiger partial charge in [0.25, 0.3) is 0 Å². The van der Waals surface area contributed by atoms with Gasteiger partial charge >= 0.3 is 0 Å². The van der Waals surface area contributed by atoms with Crippen molar-refractivity contribution >= 4 is 0 Å². The molecular weight excluding hydrogens is 344 g/mol. The van der Waals surface area contributed by atoms with E-state index in [2.05, 4.69) is 40.9 Å². The molecule has 4 nitrogen and oxygen atoms in total. The lowest BCUT2D eigenvalue weighted by atomic mass is 9.87. The third-order valence-corrected chi connectivity index (χ3v) is 7.54. The first-order valence-corrected chi connectivity index (χ1v) is 12.5. The second-order valence-corrected chi connectivity index (χ2v) is 9.45. The highest BCUT2D eigenvalue weighted by molar-refractivity contribution is 4.85. The van der Waals surface area contributed by atoms with E-state index in [1.165, 1.54) is 97.3 Å². The van der Waals surface area contributed by atoms with E-state index in [1.807, 2.05) is 13.8 Å². The summed E-state index contributed by atoms with van der Waals surface area (Å²) in [4.78, 5) is 8.24. The van der Waals surface area contributed by atoms with Crippen molar-refractivity contribution in [1.29, 1.82) is 0 Å². The van der Waals surface area contributed by atoms with Crippen LogP contribution >= 0.6 is 0 Å². The van der Waals surface area contributed by atoms with Crippen LogP contribution in [0.3, 0.4) is 0 Å². The molecule has 0 radical (unpaired) electrons. The molecule has 4 heteroatoms. The van der Waals surface area contributed by atoms with Gasteiger partial charge in [-0.3, -0.25) is 0 Å². The summed E-state index contributed by atoms with van der Waals surface area (Å²) in [7, 11) is 2.12. The van der Waals surface area contributed by atoms with Gasteiger partial charge in [0.2, 0.25) is 0 Å². The maximum atomic E-state index is 3.45. The van der Waals surface area contributed by atoms with Gasteiger partial charge in [-0.15, -0.1) is 0 Å². The highest BCUT2D eigenvalue weighted by Gasteiger charge is 2.27. The first kappa shape index (κ1) is 24.1. The molecule has 0 aliphatic carbocycles. The Balaban J connectivity index is 0.00000136. The van der Waals surface area contributed by atoms with Gasteiger partial charge in [-0.05, 0) is 116 Å². The van der Waals surface area contributed by atoms with Crippen LogP contribution < -0.4 is 5.32 Å². The third kappa shape index (κ3) is 7.59. The second-order valence-electron chi connectivity index (χ2n) is 9.45. The lowest BCUT2D eigenvalue weighted by Gasteiger charge is -2.42. The van der Waals surface area contributed by atoms with E-state index in [9.17, 15) is 0 Å². The van der Waals surface area contributed by atoms with Crippen LogP contribution in [-0.4, -0.2) is 86.2 Å². The third-order valence-electron chi connectivity index (χ3n) is 7.54. The lowest BCUT2D eigenvalue weighted by Crippen LogP contribution is -2.50. The van der Waals surface area contributed by atoms with E-state index in [0.29, 0.717) is 0 Å². The number of nitrogens with zero attached hydrogens (tertiary/aromatic N) is 3. The fourth-order valence-corrected chi connectivity index (χ4v) is 5.42. The summed E-state index contributed by atoms with van der Waals surface area (Å²) in [6.07, 6.45) is 9.67. The molecule has 3 aliphatic rings. The average molecular weight is 395 g/mol. The Bertz CT molecular complexity index is 376. The highest BCUT2D eigenvalue weighted by atomic mass is 15.2. The van der Waals surface area contributed by atoms with Crippen molar-refractivity contribution in [3.8, 4) is 0 Å². The second kappa shape index (κ2) is 13.2. The Morgan fingerprint density at radius 1 is 0.750 bits per heavy atom. The Labute approximate surface area is 176 Å². The summed E-state index contributed by atoms with van der Waals surface area (Å²) < 4.78 is 0. The minimum Gasteiger partial charge on any atom is -0.317 e. The molecule has 3 aliphatic heterocycles. The smallest absolute Gasteiger partial charge is 0.0120 e. The minimum atomic E-state index is 0.761. The number of hydrogen-bond donors (Lipinski definition) is 1. The van der Waals surface area contributed by atoms with Crippen molar-refractivity contribution in [2.45, 2.75) is 84.7 Å². The van der Waals surface area contributed by atoms with Crippen molar-refractivity contribution in [1.82, 2.24) is 20.0 Å². The molecule has 0 saturated carbocycles. The van der Waals surface area contributed by atoms with Crippen LogP contribution in [0.2, 0.25) is 0 Å². The van der Waals surface area contributed by atoms with Crippen LogP contribution in [0.5, 0.6) is 0 Å². The van der Waals surface area contributed by atoms with Gasteiger partial charge in [-0.25, -0.2) is 0 Å². The standard InChI is InChI=1S/C22H44N4.C2H6/c1-19(2)20-5-13-24(14-6-20)11-4-12-25-15-9-22(10-16-25)26-17-7-21(23-3)8-18-26;1-2/h19-23H,4-18H2,1-3H3;1-2H3. The molecule has 3 rings (SSSR count). The topological polar surface area (TPSA) is 21.8 Å². The van der Waals surface area contributed by atoms with Gasteiger partial charge in [-0.2, -0.15) is 0 Å². The Hall–Kier alpha value is -0.160. The SMILES string of the molecule is CC.CNC1CCN(C2CCN(CCCN3CCC(C(C)C)CC3)CC2)CC1. The summed E-state index contributed by atoms with van der Waals surface area (Å²) in [5, 5.41) is 3.45. The van der Waals surface area contributed by atoms with Gasteiger partial charge < -0.3 is 20.0 Å². The average Bonchev–Trinajstić information content (AvgIpc) is 2.76. The zero-order valence-corrected chi connectivity index (χ0v) is 19.8. The monoisotopic (exact) mass is 394 g/mol. The van der Waals surface area contributed by atoms with E-state index < -0.39 is 0 Å². The predicted octanol–water partition coefficient (Wildman–Crippen LogP) is 3.92. The van der Waals surface area contributed by atoms with Crippen LogP contribution in [0.25, 0.3) is 0 Å². The van der Waals surface area contributed by atoms with Gasteiger partial charge in [0, 0.05) is 12.1 Å². The molecule has 3 fully saturated rings. The number of hydrogen-bond acceptors (Lipinski definition) is 4. The first-order valence-electron chi connectivity index (χ1n) is 12.5. The molecule has 1 N–H and O–H groups in total. The highest BCUT2D eigenvalue weighted by Crippen LogP contribution is 2.25. The summed E-state index contributed by atoms with van der Waals surface area (Å²) in [6.45, 7) is 19.4. The number of likely N-dealkylation sites (tertiary alicyclic amines) is 3. The van der Waals surface area contributed by atoms with Gasteiger partial charge in [0.1, 0.15) is 0 Å². The molecule has 0 spiro atoms. The van der Waals surface area contributed by atoms with E-state index >= 15 is 0 Å². The van der Waals surface area contributed by atoms with Gasteiger partial charge in [0.15, 0.2) is 0 Å². The maximum absolute atomic E-state index is 3.45. The fourth-order valence-electron chi connectivity index (χ4n) is 5.42. The van der Waals surface area contributed by atoms with Crippen LogP contribution in [0.15, 0.2) is 0 Å². The molecule has 3 heterocycles. The number of piperidine rings is 3. The zero-order chi connectivity index (χ0) is 20.4. The van der Waals surface area contributed by atoms with Crippen molar-refractivity contribution in [3.05, 3.63) is 0 Å².